The van der Waals surface area contributed by atoms with E-state index in [4.69, 9.17) is 5.26 Å². The van der Waals surface area contributed by atoms with Crippen LogP contribution in [0.5, 0.6) is 0 Å². The van der Waals surface area contributed by atoms with Crippen LogP contribution in [0, 0.1) is 23.2 Å². The van der Waals surface area contributed by atoms with Crippen LogP contribution in [0.3, 0.4) is 0 Å². The zero-order valence-electron chi connectivity index (χ0n) is 10.0. The van der Waals surface area contributed by atoms with Gasteiger partial charge < -0.3 is 10.6 Å². The molecule has 2 rings (SSSR count). The van der Waals surface area contributed by atoms with Crippen molar-refractivity contribution in [2.45, 2.75) is 6.92 Å². The van der Waals surface area contributed by atoms with Gasteiger partial charge in [0.1, 0.15) is 6.07 Å². The fourth-order valence-electron chi connectivity index (χ4n) is 2.10. The molecule has 2 unspecified atom stereocenters. The number of nitrogens with one attached hydrogen (secondary N) is 2. The molecule has 1 fully saturated rings. The highest BCUT2D eigenvalue weighted by Gasteiger charge is 2.29. The molecule has 18 heavy (non-hydrogen) atoms. The molecule has 0 aliphatic carbocycles. The summed E-state index contributed by atoms with van der Waals surface area (Å²) < 4.78 is 0.827. The SMILES string of the molecule is CC1CNCC1C(=O)Nc1ccc(Br)cc1C#N. The van der Waals surface area contributed by atoms with Gasteiger partial charge in [-0.3, -0.25) is 4.79 Å². The number of rotatable bonds is 2. The topological polar surface area (TPSA) is 64.9 Å². The summed E-state index contributed by atoms with van der Waals surface area (Å²) in [4.78, 5) is 12.1. The van der Waals surface area contributed by atoms with Gasteiger partial charge in [0, 0.05) is 11.0 Å². The van der Waals surface area contributed by atoms with Crippen LogP contribution < -0.4 is 10.6 Å². The Morgan fingerprint density at radius 2 is 2.33 bits per heavy atom. The van der Waals surface area contributed by atoms with Gasteiger partial charge in [-0.15, -0.1) is 0 Å². The van der Waals surface area contributed by atoms with Gasteiger partial charge in [-0.2, -0.15) is 5.26 Å². The standard InChI is InChI=1S/C13H14BrN3O/c1-8-6-16-7-11(8)13(18)17-12-3-2-10(14)4-9(12)5-15/h2-4,8,11,16H,6-7H2,1H3,(H,17,18). The van der Waals surface area contributed by atoms with Crippen molar-refractivity contribution in [2.24, 2.45) is 11.8 Å². The summed E-state index contributed by atoms with van der Waals surface area (Å²) in [6, 6.07) is 7.34. The van der Waals surface area contributed by atoms with Gasteiger partial charge in [0.2, 0.25) is 5.91 Å². The molecule has 1 amide bonds. The third-order valence-electron chi connectivity index (χ3n) is 3.21. The molecule has 0 radical (unpaired) electrons. The summed E-state index contributed by atoms with van der Waals surface area (Å²) in [5.41, 5.74) is 1.04. The normalized spacial score (nSPS) is 22.5. The first-order valence-corrected chi connectivity index (χ1v) is 6.62. The summed E-state index contributed by atoms with van der Waals surface area (Å²) in [6.07, 6.45) is 0. The molecular formula is C13H14BrN3O. The molecule has 0 saturated carbocycles. The number of halogens is 1. The Hall–Kier alpha value is -1.38. The molecule has 0 spiro atoms. The predicted molar refractivity (Wildman–Crippen MR) is 73.0 cm³/mol. The van der Waals surface area contributed by atoms with Crippen LogP contribution in [0.1, 0.15) is 12.5 Å². The Morgan fingerprint density at radius 3 is 2.94 bits per heavy atom. The summed E-state index contributed by atoms with van der Waals surface area (Å²) >= 11 is 3.31. The van der Waals surface area contributed by atoms with Crippen molar-refractivity contribution in [1.82, 2.24) is 5.32 Å². The molecule has 5 heteroatoms. The Kier molecular flexibility index (Phi) is 4.00. The zero-order valence-corrected chi connectivity index (χ0v) is 11.6. The summed E-state index contributed by atoms with van der Waals surface area (Å²) in [7, 11) is 0. The highest BCUT2D eigenvalue weighted by molar-refractivity contribution is 9.10. The number of benzene rings is 1. The van der Waals surface area contributed by atoms with Crippen LogP contribution in [0.4, 0.5) is 5.69 Å². The van der Waals surface area contributed by atoms with Crippen molar-refractivity contribution in [3.8, 4) is 6.07 Å². The molecule has 2 atom stereocenters. The van der Waals surface area contributed by atoms with Crippen LogP contribution >= 0.6 is 15.9 Å². The molecule has 1 aliphatic heterocycles. The lowest BCUT2D eigenvalue weighted by molar-refractivity contribution is -0.120. The molecule has 1 heterocycles. The third kappa shape index (κ3) is 2.71. The lowest BCUT2D eigenvalue weighted by Crippen LogP contribution is -2.28. The molecule has 94 valence electrons. The highest BCUT2D eigenvalue weighted by Crippen LogP contribution is 2.23. The van der Waals surface area contributed by atoms with Gasteiger partial charge in [-0.25, -0.2) is 0 Å². The average Bonchev–Trinajstić information content (AvgIpc) is 2.77. The predicted octanol–water partition coefficient (Wildman–Crippen LogP) is 2.11. The average molecular weight is 308 g/mol. The van der Waals surface area contributed by atoms with Crippen LogP contribution in [0.25, 0.3) is 0 Å². The molecule has 1 saturated heterocycles. The van der Waals surface area contributed by atoms with E-state index in [0.29, 0.717) is 23.7 Å². The van der Waals surface area contributed by atoms with Gasteiger partial charge in [-0.05, 0) is 30.7 Å². The molecule has 1 aromatic carbocycles. The van der Waals surface area contributed by atoms with E-state index >= 15 is 0 Å². The number of hydrogen-bond donors (Lipinski definition) is 2. The summed E-state index contributed by atoms with van der Waals surface area (Å²) in [6.45, 7) is 3.62. The van der Waals surface area contributed by atoms with Crippen molar-refractivity contribution >= 4 is 27.5 Å². The fraction of sp³-hybridized carbons (Fsp3) is 0.385. The number of amides is 1. The minimum absolute atomic E-state index is 0.0219. The first-order chi connectivity index (χ1) is 8.61. The minimum Gasteiger partial charge on any atom is -0.325 e. The van der Waals surface area contributed by atoms with E-state index in [1.807, 2.05) is 6.07 Å². The first kappa shape index (κ1) is 13.1. The van der Waals surface area contributed by atoms with Crippen molar-refractivity contribution in [3.63, 3.8) is 0 Å². The number of nitriles is 1. The lowest BCUT2D eigenvalue weighted by Gasteiger charge is -2.15. The second kappa shape index (κ2) is 5.51. The molecule has 4 nitrogen and oxygen atoms in total. The summed E-state index contributed by atoms with van der Waals surface area (Å²) in [5, 5.41) is 15.1. The quantitative estimate of drug-likeness (QED) is 0.879. The van der Waals surface area contributed by atoms with Crippen LogP contribution in [-0.2, 0) is 4.79 Å². The van der Waals surface area contributed by atoms with Crippen molar-refractivity contribution in [2.75, 3.05) is 18.4 Å². The van der Waals surface area contributed by atoms with E-state index in [1.54, 1.807) is 12.1 Å². The van der Waals surface area contributed by atoms with Crippen LogP contribution in [0.2, 0.25) is 0 Å². The molecule has 0 aromatic heterocycles. The third-order valence-corrected chi connectivity index (χ3v) is 3.71. The van der Waals surface area contributed by atoms with E-state index in [9.17, 15) is 4.79 Å². The summed E-state index contributed by atoms with van der Waals surface area (Å²) in [5.74, 6) is 0.275. The first-order valence-electron chi connectivity index (χ1n) is 5.83. The Bertz CT molecular complexity index is 509. The lowest BCUT2D eigenvalue weighted by atomic mass is 9.97. The zero-order chi connectivity index (χ0) is 13.1. The second-order valence-electron chi connectivity index (χ2n) is 4.53. The second-order valence-corrected chi connectivity index (χ2v) is 5.45. The smallest absolute Gasteiger partial charge is 0.229 e. The molecule has 2 N–H and O–H groups in total. The van der Waals surface area contributed by atoms with E-state index < -0.39 is 0 Å². The Morgan fingerprint density at radius 1 is 1.56 bits per heavy atom. The monoisotopic (exact) mass is 307 g/mol. The minimum atomic E-state index is -0.0276. The number of anilines is 1. The number of carbonyl (C=O) groups excluding carboxylic acids is 1. The van der Waals surface area contributed by atoms with E-state index in [1.165, 1.54) is 0 Å². The molecule has 0 bridgehead atoms. The van der Waals surface area contributed by atoms with Gasteiger partial charge >= 0.3 is 0 Å². The number of hydrogen-bond acceptors (Lipinski definition) is 3. The Balaban J connectivity index is 2.14. The van der Waals surface area contributed by atoms with Gasteiger partial charge in [0.25, 0.3) is 0 Å². The van der Waals surface area contributed by atoms with Crippen LogP contribution in [0.15, 0.2) is 22.7 Å². The van der Waals surface area contributed by atoms with E-state index in [0.717, 1.165) is 11.0 Å². The van der Waals surface area contributed by atoms with E-state index in [2.05, 4.69) is 39.6 Å². The van der Waals surface area contributed by atoms with Gasteiger partial charge in [0.05, 0.1) is 17.2 Å². The largest absolute Gasteiger partial charge is 0.325 e. The van der Waals surface area contributed by atoms with Crippen LogP contribution in [-0.4, -0.2) is 19.0 Å². The molecule has 1 aromatic rings. The highest BCUT2D eigenvalue weighted by atomic mass is 79.9. The van der Waals surface area contributed by atoms with Crippen molar-refractivity contribution < 1.29 is 4.79 Å². The molecule has 1 aliphatic rings. The Labute approximate surface area is 115 Å². The number of carbonyl (C=O) groups is 1. The molecular weight excluding hydrogens is 294 g/mol. The van der Waals surface area contributed by atoms with Crippen molar-refractivity contribution in [1.29, 1.82) is 5.26 Å². The van der Waals surface area contributed by atoms with E-state index in [-0.39, 0.29) is 11.8 Å². The fourth-order valence-corrected chi connectivity index (χ4v) is 2.47. The maximum Gasteiger partial charge on any atom is 0.229 e. The maximum atomic E-state index is 12.1. The van der Waals surface area contributed by atoms with Crippen molar-refractivity contribution in [3.05, 3.63) is 28.2 Å². The number of nitrogens with zero attached hydrogens (tertiary/aromatic N) is 1. The maximum absolute atomic E-state index is 12.1. The van der Waals surface area contributed by atoms with Gasteiger partial charge in [0.15, 0.2) is 0 Å². The van der Waals surface area contributed by atoms with Gasteiger partial charge in [-0.1, -0.05) is 22.9 Å².